The highest BCUT2D eigenvalue weighted by atomic mass is 35.5. The van der Waals surface area contributed by atoms with Gasteiger partial charge in [-0.3, -0.25) is 0 Å². The van der Waals surface area contributed by atoms with Crippen molar-refractivity contribution in [1.29, 1.82) is 0 Å². The molecule has 0 aromatic heterocycles. The van der Waals surface area contributed by atoms with E-state index in [9.17, 15) is 9.59 Å². The van der Waals surface area contributed by atoms with Crippen LogP contribution in [0.3, 0.4) is 0 Å². The van der Waals surface area contributed by atoms with Gasteiger partial charge >= 0.3 is 11.9 Å². The predicted octanol–water partition coefficient (Wildman–Crippen LogP) is 5.03. The SMILES string of the molecule is COC(=O)/C=C/c1ccc(-c2ccc(/C=C/C(=O)OC)c(Cl)c2)cc1Cl. The van der Waals surface area contributed by atoms with Crippen molar-refractivity contribution < 1.29 is 19.1 Å². The normalized spacial score (nSPS) is 11.1. The number of hydrogen-bond donors (Lipinski definition) is 0. The number of carbonyl (C=O) groups excluding carboxylic acids is 2. The first-order chi connectivity index (χ1) is 12.4. The van der Waals surface area contributed by atoms with Crippen molar-refractivity contribution >= 4 is 47.3 Å². The van der Waals surface area contributed by atoms with Crippen LogP contribution in [-0.2, 0) is 19.1 Å². The van der Waals surface area contributed by atoms with E-state index in [1.165, 1.54) is 26.4 Å². The van der Waals surface area contributed by atoms with E-state index >= 15 is 0 Å². The second-order valence-corrected chi connectivity index (χ2v) is 6.00. The maximum atomic E-state index is 11.2. The summed E-state index contributed by atoms with van der Waals surface area (Å²) in [6, 6.07) is 10.9. The Morgan fingerprint density at radius 1 is 0.769 bits per heavy atom. The molecule has 0 saturated carbocycles. The van der Waals surface area contributed by atoms with E-state index in [0.29, 0.717) is 21.2 Å². The topological polar surface area (TPSA) is 52.6 Å². The minimum absolute atomic E-state index is 0.451. The molecule has 134 valence electrons. The molecule has 0 heterocycles. The number of rotatable bonds is 5. The molecule has 0 aliphatic heterocycles. The molecule has 6 heteroatoms. The first kappa shape index (κ1) is 19.8. The lowest BCUT2D eigenvalue weighted by molar-refractivity contribution is -0.135. The van der Waals surface area contributed by atoms with E-state index in [1.807, 2.05) is 12.1 Å². The van der Waals surface area contributed by atoms with Gasteiger partial charge in [-0.1, -0.05) is 47.5 Å². The largest absolute Gasteiger partial charge is 0.466 e. The molecule has 0 radical (unpaired) electrons. The molecule has 0 spiro atoms. The van der Waals surface area contributed by atoms with E-state index in [4.69, 9.17) is 23.2 Å². The van der Waals surface area contributed by atoms with E-state index in [0.717, 1.165) is 11.1 Å². The van der Waals surface area contributed by atoms with Crippen LogP contribution in [0, 0.1) is 0 Å². The molecule has 26 heavy (non-hydrogen) atoms. The van der Waals surface area contributed by atoms with Gasteiger partial charge in [0.2, 0.25) is 0 Å². The predicted molar refractivity (Wildman–Crippen MR) is 104 cm³/mol. The number of esters is 2. The van der Waals surface area contributed by atoms with Crippen LogP contribution in [0.1, 0.15) is 11.1 Å². The van der Waals surface area contributed by atoms with Gasteiger partial charge in [-0.15, -0.1) is 0 Å². The van der Waals surface area contributed by atoms with Crippen LogP contribution in [-0.4, -0.2) is 26.2 Å². The maximum Gasteiger partial charge on any atom is 0.330 e. The van der Waals surface area contributed by atoms with Gasteiger partial charge in [0.1, 0.15) is 0 Å². The van der Waals surface area contributed by atoms with Crippen LogP contribution >= 0.6 is 23.2 Å². The van der Waals surface area contributed by atoms with Gasteiger partial charge in [0, 0.05) is 22.2 Å². The second-order valence-electron chi connectivity index (χ2n) is 5.19. The zero-order valence-electron chi connectivity index (χ0n) is 14.2. The van der Waals surface area contributed by atoms with Crippen molar-refractivity contribution in [2.45, 2.75) is 0 Å². The average molecular weight is 391 g/mol. The highest BCUT2D eigenvalue weighted by Gasteiger charge is 2.06. The first-order valence-corrected chi connectivity index (χ1v) is 8.31. The van der Waals surface area contributed by atoms with Gasteiger partial charge in [0.05, 0.1) is 14.2 Å². The molecule has 4 nitrogen and oxygen atoms in total. The van der Waals surface area contributed by atoms with Crippen molar-refractivity contribution in [2.24, 2.45) is 0 Å². The fraction of sp³-hybridized carbons (Fsp3) is 0.100. The first-order valence-electron chi connectivity index (χ1n) is 7.56. The molecular weight excluding hydrogens is 375 g/mol. The number of halogens is 2. The quantitative estimate of drug-likeness (QED) is 0.530. The third-order valence-electron chi connectivity index (χ3n) is 3.53. The molecule has 2 aromatic carbocycles. The molecule has 0 unspecified atom stereocenters. The molecule has 0 saturated heterocycles. The van der Waals surface area contributed by atoms with Gasteiger partial charge in [-0.05, 0) is 46.5 Å². The standard InChI is InChI=1S/C20H16Cl2O4/c1-25-19(23)9-7-13-3-5-15(11-17(13)21)16-6-4-14(18(22)12-16)8-10-20(24)26-2/h3-12H,1-2H3/b9-7+,10-8+. The van der Waals surface area contributed by atoms with Crippen molar-refractivity contribution in [3.05, 3.63) is 69.7 Å². The minimum atomic E-state index is -0.451. The highest BCUT2D eigenvalue weighted by molar-refractivity contribution is 6.33. The van der Waals surface area contributed by atoms with Crippen LogP contribution in [0.5, 0.6) is 0 Å². The van der Waals surface area contributed by atoms with Crippen LogP contribution in [0.15, 0.2) is 48.6 Å². The zero-order valence-corrected chi connectivity index (χ0v) is 15.7. The summed E-state index contributed by atoms with van der Waals surface area (Å²) in [7, 11) is 2.62. The fourth-order valence-corrected chi connectivity index (χ4v) is 2.62. The summed E-state index contributed by atoms with van der Waals surface area (Å²) in [6.45, 7) is 0. The summed E-state index contributed by atoms with van der Waals surface area (Å²) in [6.07, 6.45) is 5.79. The Balaban J connectivity index is 2.26. The Hall–Kier alpha value is -2.56. The molecule has 0 atom stereocenters. The number of carbonyl (C=O) groups is 2. The third kappa shape index (κ3) is 5.22. The lowest BCUT2D eigenvalue weighted by Crippen LogP contribution is -1.93. The van der Waals surface area contributed by atoms with Gasteiger partial charge < -0.3 is 9.47 Å². The van der Waals surface area contributed by atoms with Crippen molar-refractivity contribution in [1.82, 2.24) is 0 Å². The Labute approximate surface area is 161 Å². The van der Waals surface area contributed by atoms with Gasteiger partial charge in [0.15, 0.2) is 0 Å². The Kier molecular flexibility index (Phi) is 7.01. The smallest absolute Gasteiger partial charge is 0.330 e. The molecule has 0 aliphatic carbocycles. The molecule has 2 rings (SSSR count). The molecule has 0 amide bonds. The van der Waals surface area contributed by atoms with E-state index in [1.54, 1.807) is 36.4 Å². The fourth-order valence-electron chi connectivity index (χ4n) is 2.14. The van der Waals surface area contributed by atoms with Gasteiger partial charge in [0.25, 0.3) is 0 Å². The molecule has 0 N–H and O–H groups in total. The summed E-state index contributed by atoms with van der Waals surface area (Å²) >= 11 is 12.6. The number of ether oxygens (including phenoxy) is 2. The van der Waals surface area contributed by atoms with E-state index in [2.05, 4.69) is 9.47 Å². The van der Waals surface area contributed by atoms with Crippen LogP contribution in [0.2, 0.25) is 10.0 Å². The van der Waals surface area contributed by atoms with Crippen molar-refractivity contribution in [2.75, 3.05) is 14.2 Å². The maximum absolute atomic E-state index is 11.2. The van der Waals surface area contributed by atoms with Crippen LogP contribution in [0.4, 0.5) is 0 Å². The van der Waals surface area contributed by atoms with Gasteiger partial charge in [-0.25, -0.2) is 9.59 Å². The van der Waals surface area contributed by atoms with E-state index in [-0.39, 0.29) is 0 Å². The van der Waals surface area contributed by atoms with Crippen LogP contribution in [0.25, 0.3) is 23.3 Å². The zero-order chi connectivity index (χ0) is 19.1. The Morgan fingerprint density at radius 3 is 1.46 bits per heavy atom. The molecule has 0 aliphatic rings. The average Bonchev–Trinajstić information content (AvgIpc) is 2.65. The molecule has 2 aromatic rings. The molecule has 0 fully saturated rings. The number of hydrogen-bond acceptors (Lipinski definition) is 4. The van der Waals surface area contributed by atoms with Gasteiger partial charge in [-0.2, -0.15) is 0 Å². The molecule has 0 bridgehead atoms. The summed E-state index contributed by atoms with van der Waals surface area (Å²) in [5, 5.41) is 0.988. The van der Waals surface area contributed by atoms with E-state index < -0.39 is 11.9 Å². The number of benzene rings is 2. The highest BCUT2D eigenvalue weighted by Crippen LogP contribution is 2.30. The lowest BCUT2D eigenvalue weighted by atomic mass is 10.0. The summed E-state index contributed by atoms with van der Waals surface area (Å²) < 4.78 is 9.11. The van der Waals surface area contributed by atoms with Crippen LogP contribution < -0.4 is 0 Å². The second kappa shape index (κ2) is 9.22. The Morgan fingerprint density at radius 2 is 1.15 bits per heavy atom. The van der Waals surface area contributed by atoms with Crippen molar-refractivity contribution in [3.8, 4) is 11.1 Å². The third-order valence-corrected chi connectivity index (χ3v) is 4.19. The summed E-state index contributed by atoms with van der Waals surface area (Å²) in [5.41, 5.74) is 3.14. The monoisotopic (exact) mass is 390 g/mol. The summed E-state index contributed by atoms with van der Waals surface area (Å²) in [4.78, 5) is 22.3. The minimum Gasteiger partial charge on any atom is -0.466 e. The lowest BCUT2D eigenvalue weighted by Gasteiger charge is -2.07. The van der Waals surface area contributed by atoms with Crippen molar-refractivity contribution in [3.63, 3.8) is 0 Å². The Bertz CT molecular complexity index is 812. The molecular formula is C20H16Cl2O4. The summed E-state index contributed by atoms with van der Waals surface area (Å²) in [5.74, 6) is -0.903. The number of methoxy groups -OCH3 is 2.